The van der Waals surface area contributed by atoms with E-state index in [1.807, 2.05) is 42.5 Å². The predicted octanol–water partition coefficient (Wildman–Crippen LogP) is 3.39. The Morgan fingerprint density at radius 2 is 1.71 bits per heavy atom. The lowest BCUT2D eigenvalue weighted by Gasteiger charge is -2.11. The fourth-order valence-electron chi connectivity index (χ4n) is 1.96. The zero-order chi connectivity index (χ0) is 14.9. The van der Waals surface area contributed by atoms with Crippen molar-refractivity contribution in [3.63, 3.8) is 0 Å². The average molecular weight is 282 g/mol. The van der Waals surface area contributed by atoms with Crippen LogP contribution >= 0.6 is 0 Å². The maximum Gasteiger partial charge on any atom is 0.330 e. The molecule has 3 heteroatoms. The van der Waals surface area contributed by atoms with E-state index in [1.165, 1.54) is 5.56 Å². The Labute approximate surface area is 124 Å². The summed E-state index contributed by atoms with van der Waals surface area (Å²) in [5.74, 6) is 0.382. The SMILES string of the molecule is C=CC(=O)OCCOc1ccccc1Cc1ccccc1. The van der Waals surface area contributed by atoms with Crippen LogP contribution in [0.3, 0.4) is 0 Å². The number of benzene rings is 2. The molecule has 21 heavy (non-hydrogen) atoms. The molecule has 0 fully saturated rings. The molecule has 108 valence electrons. The molecule has 0 aliphatic rings. The second kappa shape index (κ2) is 7.90. The number of ether oxygens (including phenoxy) is 2. The van der Waals surface area contributed by atoms with Crippen LogP contribution in [0.2, 0.25) is 0 Å². The minimum atomic E-state index is -0.434. The van der Waals surface area contributed by atoms with E-state index in [4.69, 9.17) is 9.47 Å². The Morgan fingerprint density at radius 3 is 2.48 bits per heavy atom. The second-order valence-corrected chi connectivity index (χ2v) is 4.49. The van der Waals surface area contributed by atoms with Crippen molar-refractivity contribution in [1.82, 2.24) is 0 Å². The summed E-state index contributed by atoms with van der Waals surface area (Å²) in [4.78, 5) is 10.9. The smallest absolute Gasteiger partial charge is 0.330 e. The van der Waals surface area contributed by atoms with Crippen molar-refractivity contribution < 1.29 is 14.3 Å². The van der Waals surface area contributed by atoms with Crippen LogP contribution in [0.5, 0.6) is 5.75 Å². The molecule has 0 aliphatic carbocycles. The minimum Gasteiger partial charge on any atom is -0.490 e. The van der Waals surface area contributed by atoms with Gasteiger partial charge in [-0.05, 0) is 17.2 Å². The maximum absolute atomic E-state index is 10.9. The molecular weight excluding hydrogens is 264 g/mol. The van der Waals surface area contributed by atoms with Gasteiger partial charge in [0, 0.05) is 12.5 Å². The first kappa shape index (κ1) is 14.9. The van der Waals surface area contributed by atoms with Gasteiger partial charge in [0.15, 0.2) is 0 Å². The molecule has 0 unspecified atom stereocenters. The molecule has 0 radical (unpaired) electrons. The summed E-state index contributed by atoms with van der Waals surface area (Å²) in [5.41, 5.74) is 2.34. The van der Waals surface area contributed by atoms with Gasteiger partial charge in [0.25, 0.3) is 0 Å². The van der Waals surface area contributed by atoms with Crippen molar-refractivity contribution in [3.05, 3.63) is 78.4 Å². The van der Waals surface area contributed by atoms with Crippen molar-refractivity contribution in [3.8, 4) is 5.75 Å². The molecule has 0 atom stereocenters. The fraction of sp³-hybridized carbons (Fsp3) is 0.167. The number of carbonyl (C=O) groups excluding carboxylic acids is 1. The van der Waals surface area contributed by atoms with Crippen molar-refractivity contribution in [1.29, 1.82) is 0 Å². The van der Waals surface area contributed by atoms with Gasteiger partial charge in [-0.3, -0.25) is 0 Å². The van der Waals surface area contributed by atoms with Crippen molar-refractivity contribution in [2.24, 2.45) is 0 Å². The van der Waals surface area contributed by atoms with E-state index < -0.39 is 5.97 Å². The normalized spacial score (nSPS) is 9.90. The Morgan fingerprint density at radius 1 is 1.00 bits per heavy atom. The lowest BCUT2D eigenvalue weighted by Crippen LogP contribution is -2.11. The molecule has 0 bridgehead atoms. The lowest BCUT2D eigenvalue weighted by atomic mass is 10.0. The molecule has 2 aromatic rings. The Kier molecular flexibility index (Phi) is 5.59. The fourth-order valence-corrected chi connectivity index (χ4v) is 1.96. The monoisotopic (exact) mass is 282 g/mol. The number of carbonyl (C=O) groups is 1. The number of hydrogen-bond acceptors (Lipinski definition) is 3. The summed E-state index contributed by atoms with van der Waals surface area (Å²) in [6, 6.07) is 18.1. The van der Waals surface area contributed by atoms with Gasteiger partial charge in [0.1, 0.15) is 19.0 Å². The van der Waals surface area contributed by atoms with Crippen LogP contribution in [0.4, 0.5) is 0 Å². The molecule has 2 rings (SSSR count). The third-order valence-corrected chi connectivity index (χ3v) is 2.96. The molecule has 0 spiro atoms. The van der Waals surface area contributed by atoms with Crippen LogP contribution < -0.4 is 4.74 Å². The molecule has 0 saturated heterocycles. The number of hydrogen-bond donors (Lipinski definition) is 0. The standard InChI is InChI=1S/C18H18O3/c1-2-18(19)21-13-12-20-17-11-7-6-10-16(17)14-15-8-4-3-5-9-15/h2-11H,1,12-14H2. The van der Waals surface area contributed by atoms with Crippen LogP contribution in [0.1, 0.15) is 11.1 Å². The van der Waals surface area contributed by atoms with Gasteiger partial charge in [-0.2, -0.15) is 0 Å². The molecule has 3 nitrogen and oxygen atoms in total. The van der Waals surface area contributed by atoms with Gasteiger partial charge in [0.05, 0.1) is 0 Å². The van der Waals surface area contributed by atoms with Gasteiger partial charge in [-0.1, -0.05) is 55.1 Å². The van der Waals surface area contributed by atoms with E-state index >= 15 is 0 Å². The number of para-hydroxylation sites is 1. The summed E-state index contributed by atoms with van der Waals surface area (Å²) in [7, 11) is 0. The van der Waals surface area contributed by atoms with Gasteiger partial charge >= 0.3 is 5.97 Å². The lowest BCUT2D eigenvalue weighted by molar-refractivity contribution is -0.138. The number of rotatable bonds is 7. The third kappa shape index (κ3) is 4.80. The van der Waals surface area contributed by atoms with Crippen molar-refractivity contribution in [2.75, 3.05) is 13.2 Å². The summed E-state index contributed by atoms with van der Waals surface area (Å²) in [5, 5.41) is 0. The molecule has 2 aromatic carbocycles. The van der Waals surface area contributed by atoms with E-state index in [2.05, 4.69) is 18.7 Å². The quantitative estimate of drug-likeness (QED) is 0.443. The Balaban J connectivity index is 1.94. The topological polar surface area (TPSA) is 35.5 Å². The summed E-state index contributed by atoms with van der Waals surface area (Å²) in [6.07, 6.45) is 1.95. The van der Waals surface area contributed by atoms with Crippen LogP contribution in [0.15, 0.2) is 67.3 Å². The molecule has 0 heterocycles. The number of esters is 1. The van der Waals surface area contributed by atoms with Crippen molar-refractivity contribution >= 4 is 5.97 Å². The Bertz CT molecular complexity index is 590. The van der Waals surface area contributed by atoms with Gasteiger partial charge < -0.3 is 9.47 Å². The first-order valence-corrected chi connectivity index (χ1v) is 6.83. The summed E-state index contributed by atoms with van der Waals surface area (Å²) in [6.45, 7) is 3.88. The first-order chi connectivity index (χ1) is 10.3. The van der Waals surface area contributed by atoms with E-state index in [0.717, 1.165) is 23.8 Å². The largest absolute Gasteiger partial charge is 0.490 e. The summed E-state index contributed by atoms with van der Waals surface area (Å²) < 4.78 is 10.6. The maximum atomic E-state index is 10.9. The molecule has 0 amide bonds. The van der Waals surface area contributed by atoms with E-state index in [1.54, 1.807) is 0 Å². The highest BCUT2D eigenvalue weighted by molar-refractivity contribution is 5.81. The van der Waals surface area contributed by atoms with Gasteiger partial charge in [-0.25, -0.2) is 4.79 Å². The zero-order valence-electron chi connectivity index (χ0n) is 11.8. The minimum absolute atomic E-state index is 0.213. The highest BCUT2D eigenvalue weighted by Crippen LogP contribution is 2.21. The van der Waals surface area contributed by atoms with Crippen molar-refractivity contribution in [2.45, 2.75) is 6.42 Å². The molecule has 0 aliphatic heterocycles. The van der Waals surface area contributed by atoms with E-state index in [-0.39, 0.29) is 6.61 Å². The van der Waals surface area contributed by atoms with Gasteiger partial charge in [-0.15, -0.1) is 0 Å². The highest BCUT2D eigenvalue weighted by atomic mass is 16.6. The summed E-state index contributed by atoms with van der Waals surface area (Å²) >= 11 is 0. The average Bonchev–Trinajstić information content (AvgIpc) is 2.53. The Hall–Kier alpha value is -2.55. The van der Waals surface area contributed by atoms with Crippen LogP contribution in [-0.4, -0.2) is 19.2 Å². The first-order valence-electron chi connectivity index (χ1n) is 6.83. The van der Waals surface area contributed by atoms with E-state index in [0.29, 0.717) is 6.61 Å². The zero-order valence-corrected chi connectivity index (χ0v) is 11.8. The van der Waals surface area contributed by atoms with E-state index in [9.17, 15) is 4.79 Å². The van der Waals surface area contributed by atoms with Crippen LogP contribution in [0.25, 0.3) is 0 Å². The highest BCUT2D eigenvalue weighted by Gasteiger charge is 2.04. The molecule has 0 aromatic heterocycles. The molecule has 0 N–H and O–H groups in total. The third-order valence-electron chi connectivity index (χ3n) is 2.96. The molecular formula is C18H18O3. The predicted molar refractivity (Wildman–Crippen MR) is 82.3 cm³/mol. The van der Waals surface area contributed by atoms with Crippen LogP contribution in [0, 0.1) is 0 Å². The van der Waals surface area contributed by atoms with Crippen LogP contribution in [-0.2, 0) is 16.0 Å². The second-order valence-electron chi connectivity index (χ2n) is 4.49. The van der Waals surface area contributed by atoms with Gasteiger partial charge in [0.2, 0.25) is 0 Å². The molecule has 0 saturated carbocycles.